The second kappa shape index (κ2) is 11.8. The quantitative estimate of drug-likeness (QED) is 0.119. The molecule has 4 N–H and O–H groups in total. The van der Waals surface area contributed by atoms with Gasteiger partial charge in [0.1, 0.15) is 16.4 Å². The summed E-state index contributed by atoms with van der Waals surface area (Å²) < 4.78 is 13.2. The second-order valence-electron chi connectivity index (χ2n) is 10.4. The van der Waals surface area contributed by atoms with Crippen molar-refractivity contribution in [3.63, 3.8) is 0 Å². The van der Waals surface area contributed by atoms with Gasteiger partial charge in [0, 0.05) is 46.9 Å². The number of nitrogen functional groups attached to an aromatic ring is 1. The van der Waals surface area contributed by atoms with Crippen molar-refractivity contribution in [1.29, 1.82) is 5.41 Å². The topological polar surface area (TPSA) is 123 Å². The zero-order valence-corrected chi connectivity index (χ0v) is 23.8. The molecule has 1 aliphatic rings. The summed E-state index contributed by atoms with van der Waals surface area (Å²) in [5, 5.41) is 13.1. The number of hydrogen-bond acceptors (Lipinski definition) is 7. The SMILES string of the molecule is COCN(C)C1CCC(NC(=O)c2cc3ccc(C(=N)N)cc3n2Cc2cccc3sc(C(=O)OC)cc23)CC1. The average molecular weight is 562 g/mol. The number of hydrogen-bond donors (Lipinski definition) is 3. The third kappa shape index (κ3) is 5.60. The van der Waals surface area contributed by atoms with Crippen LogP contribution in [0.2, 0.25) is 0 Å². The fourth-order valence-electron chi connectivity index (χ4n) is 5.64. The van der Waals surface area contributed by atoms with Gasteiger partial charge in [-0.25, -0.2) is 4.79 Å². The van der Waals surface area contributed by atoms with Crippen LogP contribution in [0.25, 0.3) is 21.0 Å². The summed E-state index contributed by atoms with van der Waals surface area (Å²) >= 11 is 1.39. The summed E-state index contributed by atoms with van der Waals surface area (Å²) in [6.45, 7) is 1.01. The largest absolute Gasteiger partial charge is 0.465 e. The Hall–Kier alpha value is -3.73. The maximum absolute atomic E-state index is 13.7. The summed E-state index contributed by atoms with van der Waals surface area (Å²) in [7, 11) is 5.15. The second-order valence-corrected chi connectivity index (χ2v) is 11.5. The summed E-state index contributed by atoms with van der Waals surface area (Å²) in [5.74, 6) is -0.520. The number of amides is 1. The molecule has 5 rings (SSSR count). The van der Waals surface area contributed by atoms with E-state index in [-0.39, 0.29) is 23.8 Å². The Bertz CT molecular complexity index is 1570. The number of rotatable bonds is 9. The molecule has 2 heterocycles. The van der Waals surface area contributed by atoms with Crippen LogP contribution in [-0.4, -0.2) is 67.3 Å². The van der Waals surface area contributed by atoms with Crippen LogP contribution in [0.15, 0.2) is 48.5 Å². The Balaban J connectivity index is 1.47. The average Bonchev–Trinajstić information content (AvgIpc) is 3.55. The molecule has 2 aromatic carbocycles. The van der Waals surface area contributed by atoms with Crippen LogP contribution in [0.1, 0.15) is 57.0 Å². The third-order valence-electron chi connectivity index (χ3n) is 7.80. The number of fused-ring (bicyclic) bond motifs is 2. The molecule has 1 saturated carbocycles. The van der Waals surface area contributed by atoms with Crippen LogP contribution in [0.4, 0.5) is 0 Å². The van der Waals surface area contributed by atoms with Gasteiger partial charge >= 0.3 is 5.97 Å². The van der Waals surface area contributed by atoms with Crippen LogP contribution in [-0.2, 0) is 16.0 Å². The van der Waals surface area contributed by atoms with Gasteiger partial charge in [-0.3, -0.25) is 15.1 Å². The molecular weight excluding hydrogens is 526 g/mol. The van der Waals surface area contributed by atoms with Gasteiger partial charge in [-0.15, -0.1) is 11.3 Å². The molecule has 0 radical (unpaired) electrons. The van der Waals surface area contributed by atoms with Gasteiger partial charge in [-0.1, -0.05) is 24.3 Å². The summed E-state index contributed by atoms with van der Waals surface area (Å²) in [6.07, 6.45) is 3.81. The number of aromatic nitrogens is 1. The lowest BCUT2D eigenvalue weighted by atomic mass is 9.90. The van der Waals surface area contributed by atoms with E-state index in [0.29, 0.717) is 35.5 Å². The minimum atomic E-state index is -0.368. The number of carbonyl (C=O) groups is 2. The molecule has 210 valence electrons. The Morgan fingerprint density at radius 3 is 2.60 bits per heavy atom. The minimum Gasteiger partial charge on any atom is -0.465 e. The molecule has 2 aromatic heterocycles. The zero-order chi connectivity index (χ0) is 28.4. The minimum absolute atomic E-state index is 0.0292. The van der Waals surface area contributed by atoms with Crippen molar-refractivity contribution in [3.05, 3.63) is 70.2 Å². The van der Waals surface area contributed by atoms with E-state index in [1.165, 1.54) is 18.4 Å². The number of nitrogens with one attached hydrogen (secondary N) is 2. The molecule has 1 aliphatic carbocycles. The molecule has 40 heavy (non-hydrogen) atoms. The molecule has 1 amide bonds. The van der Waals surface area contributed by atoms with E-state index in [1.807, 2.05) is 47.0 Å². The van der Waals surface area contributed by atoms with E-state index in [9.17, 15) is 9.59 Å². The highest BCUT2D eigenvalue weighted by Crippen LogP contribution is 2.31. The monoisotopic (exact) mass is 561 g/mol. The van der Waals surface area contributed by atoms with Gasteiger partial charge < -0.3 is 25.1 Å². The third-order valence-corrected chi connectivity index (χ3v) is 8.88. The van der Waals surface area contributed by atoms with Crippen LogP contribution < -0.4 is 11.1 Å². The maximum Gasteiger partial charge on any atom is 0.348 e. The Kier molecular flexibility index (Phi) is 8.20. The van der Waals surface area contributed by atoms with E-state index >= 15 is 0 Å². The molecule has 0 saturated heterocycles. The van der Waals surface area contributed by atoms with Crippen LogP contribution in [0.3, 0.4) is 0 Å². The molecule has 4 aromatic rings. The summed E-state index contributed by atoms with van der Waals surface area (Å²) in [4.78, 5) is 28.7. The highest BCUT2D eigenvalue weighted by atomic mass is 32.1. The zero-order valence-electron chi connectivity index (χ0n) is 23.0. The van der Waals surface area contributed by atoms with Crippen LogP contribution in [0, 0.1) is 5.41 Å². The lowest BCUT2D eigenvalue weighted by Crippen LogP contribution is -2.43. The number of amidine groups is 1. The number of benzene rings is 2. The van der Waals surface area contributed by atoms with Crippen molar-refractivity contribution < 1.29 is 19.1 Å². The molecule has 9 nitrogen and oxygen atoms in total. The first-order valence-electron chi connectivity index (χ1n) is 13.4. The van der Waals surface area contributed by atoms with Crippen LogP contribution in [0.5, 0.6) is 0 Å². The van der Waals surface area contributed by atoms with Crippen molar-refractivity contribution in [2.45, 2.75) is 44.3 Å². The van der Waals surface area contributed by atoms with Gasteiger partial charge in [0.05, 0.1) is 13.8 Å². The molecule has 0 atom stereocenters. The van der Waals surface area contributed by atoms with Gasteiger partial charge in [0.2, 0.25) is 0 Å². The molecule has 0 aliphatic heterocycles. The Labute approximate surface area is 237 Å². The van der Waals surface area contributed by atoms with Crippen molar-refractivity contribution in [2.75, 3.05) is 28.0 Å². The van der Waals surface area contributed by atoms with E-state index < -0.39 is 0 Å². The molecule has 0 spiro atoms. The van der Waals surface area contributed by atoms with Gasteiger partial charge in [-0.05, 0) is 67.9 Å². The van der Waals surface area contributed by atoms with Crippen molar-refractivity contribution >= 4 is 50.0 Å². The van der Waals surface area contributed by atoms with E-state index in [2.05, 4.69) is 17.3 Å². The number of thiophene rings is 1. The highest BCUT2D eigenvalue weighted by Gasteiger charge is 2.27. The first-order chi connectivity index (χ1) is 19.3. The molecule has 0 bridgehead atoms. The number of methoxy groups -OCH3 is 2. The smallest absolute Gasteiger partial charge is 0.348 e. The highest BCUT2D eigenvalue weighted by molar-refractivity contribution is 7.20. The molecular formula is C30H35N5O4S. The van der Waals surface area contributed by atoms with Crippen LogP contribution >= 0.6 is 11.3 Å². The number of nitrogens with two attached hydrogens (primary N) is 1. The van der Waals surface area contributed by atoms with Gasteiger partial charge in [0.15, 0.2) is 0 Å². The van der Waals surface area contributed by atoms with E-state index in [4.69, 9.17) is 20.6 Å². The van der Waals surface area contributed by atoms with Crippen molar-refractivity contribution in [3.8, 4) is 0 Å². The fraction of sp³-hybridized carbons (Fsp3) is 0.367. The first-order valence-corrected chi connectivity index (χ1v) is 14.2. The van der Waals surface area contributed by atoms with Gasteiger partial charge in [-0.2, -0.15) is 0 Å². The summed E-state index contributed by atoms with van der Waals surface area (Å²) in [5.41, 5.74) is 8.76. The lowest BCUT2D eigenvalue weighted by Gasteiger charge is -2.34. The molecule has 1 fully saturated rings. The number of esters is 1. The normalized spacial score (nSPS) is 17.4. The summed E-state index contributed by atoms with van der Waals surface area (Å²) in [6, 6.07) is 15.8. The maximum atomic E-state index is 13.7. The van der Waals surface area contributed by atoms with E-state index in [1.54, 1.807) is 13.2 Å². The number of carbonyl (C=O) groups excluding carboxylic acids is 2. The van der Waals surface area contributed by atoms with Crippen molar-refractivity contribution in [1.82, 2.24) is 14.8 Å². The van der Waals surface area contributed by atoms with E-state index in [0.717, 1.165) is 52.2 Å². The number of nitrogens with zero attached hydrogens (tertiary/aromatic N) is 2. The van der Waals surface area contributed by atoms with Crippen molar-refractivity contribution in [2.24, 2.45) is 5.73 Å². The lowest BCUT2D eigenvalue weighted by molar-refractivity contribution is 0.0376. The molecule has 10 heteroatoms. The molecule has 0 unspecified atom stereocenters. The fourth-order valence-corrected chi connectivity index (χ4v) is 6.67. The number of ether oxygens (including phenoxy) is 2. The Morgan fingerprint density at radius 2 is 1.90 bits per heavy atom. The first kappa shape index (κ1) is 27.8. The predicted molar refractivity (Wildman–Crippen MR) is 158 cm³/mol. The Morgan fingerprint density at radius 1 is 1.12 bits per heavy atom. The standard InChI is InChI=1S/C30H35N5O4S/c1-34(17-38-2)22-11-9-21(10-12-22)33-29(36)25-13-18-7-8-19(28(31)32)14-24(18)35(25)16-20-5-4-6-26-23(20)15-27(40-26)30(37)39-3/h4-8,13-15,21-22H,9-12,16-17H2,1-3H3,(H3,31,32)(H,33,36). The van der Waals surface area contributed by atoms with Gasteiger partial charge in [0.25, 0.3) is 5.91 Å². The predicted octanol–water partition coefficient (Wildman–Crippen LogP) is 4.55.